The van der Waals surface area contributed by atoms with Crippen LogP contribution in [0.4, 0.5) is 5.69 Å². The zero-order valence-electron chi connectivity index (χ0n) is 12.7. The predicted molar refractivity (Wildman–Crippen MR) is 88.6 cm³/mol. The standard InChI is InChI=1S/C15H15N3O5S/c1-2-23-15-6-4-3-5-12(15)11-16-17-24(21,22)14-9-7-13(8-10-14)18(19)20/h3-11,17H,2H2,1H3/b16-11+. The summed E-state index contributed by atoms with van der Waals surface area (Å²) in [6, 6.07) is 11.6. The van der Waals surface area contributed by atoms with Gasteiger partial charge in [0.1, 0.15) is 5.75 Å². The number of nitro groups is 1. The minimum Gasteiger partial charge on any atom is -0.493 e. The summed E-state index contributed by atoms with van der Waals surface area (Å²) in [6.45, 7) is 2.31. The second-order valence-corrected chi connectivity index (χ2v) is 6.24. The second-order valence-electron chi connectivity index (χ2n) is 4.57. The molecule has 0 bridgehead atoms. The Bertz CT molecular complexity index is 848. The van der Waals surface area contributed by atoms with Crippen LogP contribution in [-0.2, 0) is 10.0 Å². The molecule has 0 atom stereocenters. The predicted octanol–water partition coefficient (Wildman–Crippen LogP) is 2.31. The van der Waals surface area contributed by atoms with Crippen molar-refractivity contribution in [3.8, 4) is 5.75 Å². The molecule has 0 aliphatic heterocycles. The van der Waals surface area contributed by atoms with Crippen molar-refractivity contribution in [2.45, 2.75) is 11.8 Å². The number of rotatable bonds is 7. The number of benzene rings is 2. The van der Waals surface area contributed by atoms with Crippen LogP contribution in [0.3, 0.4) is 0 Å². The van der Waals surface area contributed by atoms with Crippen LogP contribution in [0, 0.1) is 10.1 Å². The fraction of sp³-hybridized carbons (Fsp3) is 0.133. The number of hydrazone groups is 1. The SMILES string of the molecule is CCOc1ccccc1/C=N/NS(=O)(=O)c1ccc([N+](=O)[O-])cc1. The van der Waals surface area contributed by atoms with Crippen molar-refractivity contribution in [3.05, 3.63) is 64.2 Å². The summed E-state index contributed by atoms with van der Waals surface area (Å²) in [5.74, 6) is 0.582. The summed E-state index contributed by atoms with van der Waals surface area (Å²) < 4.78 is 29.6. The van der Waals surface area contributed by atoms with Crippen LogP contribution < -0.4 is 9.57 Å². The fourth-order valence-corrected chi connectivity index (χ4v) is 2.63. The Hall–Kier alpha value is -2.94. The van der Waals surface area contributed by atoms with Crippen molar-refractivity contribution in [1.82, 2.24) is 4.83 Å². The molecule has 126 valence electrons. The highest BCUT2D eigenvalue weighted by molar-refractivity contribution is 7.89. The molecule has 1 N–H and O–H groups in total. The molecule has 0 aliphatic rings. The van der Waals surface area contributed by atoms with Gasteiger partial charge in [0.15, 0.2) is 0 Å². The minimum atomic E-state index is -3.91. The molecule has 2 aromatic carbocycles. The van der Waals surface area contributed by atoms with Crippen LogP contribution in [0.5, 0.6) is 5.75 Å². The molecule has 0 saturated heterocycles. The van der Waals surface area contributed by atoms with Gasteiger partial charge in [-0.15, -0.1) is 0 Å². The normalized spacial score (nSPS) is 11.4. The third-order valence-electron chi connectivity index (χ3n) is 2.95. The van der Waals surface area contributed by atoms with Crippen molar-refractivity contribution < 1.29 is 18.1 Å². The number of nitro benzene ring substituents is 1. The molecule has 0 aromatic heterocycles. The molecule has 9 heteroatoms. The van der Waals surface area contributed by atoms with Gasteiger partial charge in [-0.1, -0.05) is 12.1 Å². The maximum atomic E-state index is 12.1. The maximum Gasteiger partial charge on any atom is 0.276 e. The average molecular weight is 349 g/mol. The summed E-state index contributed by atoms with van der Waals surface area (Å²) in [5.41, 5.74) is 0.425. The Morgan fingerprint density at radius 2 is 1.88 bits per heavy atom. The first kappa shape index (κ1) is 17.4. The van der Waals surface area contributed by atoms with Crippen molar-refractivity contribution >= 4 is 21.9 Å². The highest BCUT2D eigenvalue weighted by atomic mass is 32.2. The summed E-state index contributed by atoms with van der Waals surface area (Å²) >= 11 is 0. The average Bonchev–Trinajstić information content (AvgIpc) is 2.56. The van der Waals surface area contributed by atoms with Crippen molar-refractivity contribution in [2.75, 3.05) is 6.61 Å². The van der Waals surface area contributed by atoms with E-state index in [2.05, 4.69) is 9.93 Å². The molecule has 2 rings (SSSR count). The number of hydrogen-bond donors (Lipinski definition) is 1. The van der Waals surface area contributed by atoms with E-state index in [4.69, 9.17) is 4.74 Å². The minimum absolute atomic E-state index is 0.122. The molecule has 0 radical (unpaired) electrons. The van der Waals surface area contributed by atoms with Crippen LogP contribution >= 0.6 is 0 Å². The van der Waals surface area contributed by atoms with Gasteiger partial charge in [0.05, 0.1) is 22.6 Å². The van der Waals surface area contributed by atoms with Crippen LogP contribution in [0.1, 0.15) is 12.5 Å². The van der Waals surface area contributed by atoms with Gasteiger partial charge in [-0.05, 0) is 31.2 Å². The summed E-state index contributed by atoms with van der Waals surface area (Å²) in [5, 5.41) is 14.3. The van der Waals surface area contributed by atoms with Crippen molar-refractivity contribution in [3.63, 3.8) is 0 Å². The van der Waals surface area contributed by atoms with Crippen molar-refractivity contribution in [1.29, 1.82) is 0 Å². The van der Waals surface area contributed by atoms with Gasteiger partial charge in [-0.2, -0.15) is 13.5 Å². The van der Waals surface area contributed by atoms with E-state index in [0.29, 0.717) is 17.9 Å². The smallest absolute Gasteiger partial charge is 0.276 e. The van der Waals surface area contributed by atoms with E-state index in [-0.39, 0.29) is 10.6 Å². The number of hydrogen-bond acceptors (Lipinski definition) is 6. The molecule has 0 heterocycles. The first-order valence-corrected chi connectivity index (χ1v) is 8.43. The number of sulfonamides is 1. The van der Waals surface area contributed by atoms with Gasteiger partial charge in [-0.25, -0.2) is 4.83 Å². The summed E-state index contributed by atoms with van der Waals surface area (Å²) in [6.07, 6.45) is 1.33. The zero-order chi connectivity index (χ0) is 17.6. The number of para-hydroxylation sites is 1. The Balaban J connectivity index is 2.14. The van der Waals surface area contributed by atoms with Crippen LogP contribution in [0.2, 0.25) is 0 Å². The number of nitrogens with one attached hydrogen (secondary N) is 1. The monoisotopic (exact) mass is 349 g/mol. The fourth-order valence-electron chi connectivity index (χ4n) is 1.84. The first-order valence-electron chi connectivity index (χ1n) is 6.95. The number of ether oxygens (including phenoxy) is 1. The van der Waals surface area contributed by atoms with E-state index in [9.17, 15) is 18.5 Å². The molecule has 0 amide bonds. The Morgan fingerprint density at radius 3 is 2.50 bits per heavy atom. The second kappa shape index (κ2) is 7.55. The molecule has 0 unspecified atom stereocenters. The van der Waals surface area contributed by atoms with Gasteiger partial charge in [0.25, 0.3) is 15.7 Å². The number of non-ortho nitro benzene ring substituents is 1. The highest BCUT2D eigenvalue weighted by Gasteiger charge is 2.14. The Morgan fingerprint density at radius 1 is 1.21 bits per heavy atom. The molecular formula is C15H15N3O5S. The van der Waals surface area contributed by atoms with Crippen LogP contribution in [0.15, 0.2) is 58.5 Å². The Labute approximate surface area is 139 Å². The van der Waals surface area contributed by atoms with Gasteiger partial charge in [-0.3, -0.25) is 10.1 Å². The zero-order valence-corrected chi connectivity index (χ0v) is 13.6. The quantitative estimate of drug-likeness (QED) is 0.468. The summed E-state index contributed by atoms with van der Waals surface area (Å²) in [4.78, 5) is 11.9. The lowest BCUT2D eigenvalue weighted by atomic mass is 10.2. The lowest BCUT2D eigenvalue weighted by Gasteiger charge is -2.06. The van der Waals surface area contributed by atoms with Gasteiger partial charge >= 0.3 is 0 Å². The molecule has 0 aliphatic carbocycles. The first-order chi connectivity index (χ1) is 11.4. The molecule has 8 nitrogen and oxygen atoms in total. The lowest BCUT2D eigenvalue weighted by Crippen LogP contribution is -2.18. The lowest BCUT2D eigenvalue weighted by molar-refractivity contribution is -0.384. The molecule has 2 aromatic rings. The third-order valence-corrected chi connectivity index (χ3v) is 4.19. The third kappa shape index (κ3) is 4.29. The van der Waals surface area contributed by atoms with E-state index < -0.39 is 14.9 Å². The van der Waals surface area contributed by atoms with Crippen LogP contribution in [-0.4, -0.2) is 26.2 Å². The van der Waals surface area contributed by atoms with Gasteiger partial charge in [0.2, 0.25) is 0 Å². The molecule has 0 saturated carbocycles. The highest BCUT2D eigenvalue weighted by Crippen LogP contribution is 2.17. The van der Waals surface area contributed by atoms with E-state index in [1.165, 1.54) is 6.21 Å². The number of nitrogens with zero attached hydrogens (tertiary/aromatic N) is 2. The molecule has 0 spiro atoms. The van der Waals surface area contributed by atoms with E-state index in [0.717, 1.165) is 24.3 Å². The Kier molecular flexibility index (Phi) is 5.48. The largest absolute Gasteiger partial charge is 0.493 e. The maximum absolute atomic E-state index is 12.1. The topological polar surface area (TPSA) is 111 Å². The van der Waals surface area contributed by atoms with E-state index in [1.807, 2.05) is 6.92 Å². The van der Waals surface area contributed by atoms with Gasteiger partial charge in [0, 0.05) is 17.7 Å². The molecule has 24 heavy (non-hydrogen) atoms. The van der Waals surface area contributed by atoms with Gasteiger partial charge < -0.3 is 4.74 Å². The summed E-state index contributed by atoms with van der Waals surface area (Å²) in [7, 11) is -3.91. The molecular weight excluding hydrogens is 334 g/mol. The van der Waals surface area contributed by atoms with Crippen molar-refractivity contribution in [2.24, 2.45) is 5.10 Å². The van der Waals surface area contributed by atoms with Crippen LogP contribution in [0.25, 0.3) is 0 Å². The van der Waals surface area contributed by atoms with E-state index in [1.54, 1.807) is 24.3 Å². The van der Waals surface area contributed by atoms with E-state index >= 15 is 0 Å². The molecule has 0 fully saturated rings.